The molecule has 0 saturated carbocycles. The third-order valence-corrected chi connectivity index (χ3v) is 5.82. The first-order valence-corrected chi connectivity index (χ1v) is 8.77. The summed E-state index contributed by atoms with van der Waals surface area (Å²) in [7, 11) is -2.10. The van der Waals surface area contributed by atoms with Crippen LogP contribution in [0.4, 0.5) is 17.6 Å². The van der Waals surface area contributed by atoms with Crippen LogP contribution < -0.4 is 0 Å². The zero-order valence-corrected chi connectivity index (χ0v) is 14.2. The van der Waals surface area contributed by atoms with Gasteiger partial charge in [0, 0.05) is 25.4 Å². The summed E-state index contributed by atoms with van der Waals surface area (Å²) in [4.78, 5) is 0. The number of halogens is 4. The molecule has 0 heterocycles. The van der Waals surface area contributed by atoms with Crippen LogP contribution in [-0.4, -0.2) is 28.1 Å². The highest BCUT2D eigenvalue weighted by molar-refractivity contribution is 6.60. The number of hydrogen-bond acceptors (Lipinski definition) is 3. The molecule has 1 aromatic carbocycles. The van der Waals surface area contributed by atoms with Crippen molar-refractivity contribution in [1.82, 2.24) is 0 Å². The predicted molar refractivity (Wildman–Crippen MR) is 75.2 cm³/mol. The minimum Gasteiger partial charge on any atom is -0.377 e. The molecule has 0 amide bonds. The molecule has 3 nitrogen and oxygen atoms in total. The first-order valence-electron chi connectivity index (χ1n) is 6.84. The van der Waals surface area contributed by atoms with Gasteiger partial charge in [0.25, 0.3) is 0 Å². The van der Waals surface area contributed by atoms with Crippen LogP contribution in [0, 0.1) is 23.3 Å². The molecular weight excluding hydrogens is 320 g/mol. The molecule has 1 rings (SSSR count). The zero-order valence-electron chi connectivity index (χ0n) is 13.2. The maximum atomic E-state index is 13.9. The molecule has 0 aliphatic rings. The highest BCUT2D eigenvalue weighted by atomic mass is 28.4. The van der Waals surface area contributed by atoms with E-state index in [0.29, 0.717) is 6.07 Å². The van der Waals surface area contributed by atoms with Crippen LogP contribution in [0.1, 0.15) is 33.3 Å². The first kappa shape index (κ1) is 19.1. The molecule has 0 radical (unpaired) electrons. The van der Waals surface area contributed by atoms with Gasteiger partial charge >= 0.3 is 8.80 Å². The summed E-state index contributed by atoms with van der Waals surface area (Å²) in [5.74, 6) is -6.64. The lowest BCUT2D eigenvalue weighted by Crippen LogP contribution is -2.51. The van der Waals surface area contributed by atoms with E-state index in [1.54, 1.807) is 27.7 Å². The van der Waals surface area contributed by atoms with Crippen molar-refractivity contribution in [2.45, 2.75) is 45.9 Å². The Hall–Kier alpha value is -0.963. The van der Waals surface area contributed by atoms with Crippen molar-refractivity contribution in [3.8, 4) is 0 Å². The Kier molecular flexibility index (Phi) is 6.54. The second kappa shape index (κ2) is 7.54. The SMILES string of the molecule is CO[Si](Cc1cc(F)c(F)c(F)c1F)(OC(C)C)OC(C)C. The molecule has 0 aliphatic heterocycles. The van der Waals surface area contributed by atoms with Gasteiger partial charge in [-0.25, -0.2) is 17.6 Å². The molecule has 0 N–H and O–H groups in total. The maximum absolute atomic E-state index is 13.9. The van der Waals surface area contributed by atoms with E-state index >= 15 is 0 Å². The quantitative estimate of drug-likeness (QED) is 0.327. The average Bonchev–Trinajstić information content (AvgIpc) is 2.40. The second-order valence-electron chi connectivity index (χ2n) is 5.36. The van der Waals surface area contributed by atoms with Gasteiger partial charge in [-0.15, -0.1) is 0 Å². The van der Waals surface area contributed by atoms with Gasteiger partial charge < -0.3 is 13.3 Å². The van der Waals surface area contributed by atoms with Crippen molar-refractivity contribution in [3.63, 3.8) is 0 Å². The standard InChI is InChI=1S/C14H20F4O3Si/c1-8(2)20-22(19-5,21-9(3)4)7-10-6-11(15)13(17)14(18)12(10)16/h6,8-9H,7H2,1-5H3. The van der Waals surface area contributed by atoms with E-state index in [1.807, 2.05) is 0 Å². The Balaban J connectivity index is 3.24. The second-order valence-corrected chi connectivity index (χ2v) is 7.96. The lowest BCUT2D eigenvalue weighted by molar-refractivity contribution is 0.0317. The smallest absolute Gasteiger partial charge is 0.377 e. The van der Waals surface area contributed by atoms with Gasteiger partial charge in [-0.1, -0.05) is 0 Å². The summed E-state index contributed by atoms with van der Waals surface area (Å²) in [5.41, 5.74) is -0.383. The molecule has 0 fully saturated rings. The summed E-state index contributed by atoms with van der Waals surface area (Å²) in [6.07, 6.45) is -0.604. The third kappa shape index (κ3) is 4.51. The van der Waals surface area contributed by atoms with Crippen molar-refractivity contribution in [1.29, 1.82) is 0 Å². The predicted octanol–water partition coefficient (Wildman–Crippen LogP) is 3.76. The van der Waals surface area contributed by atoms with Gasteiger partial charge in [0.15, 0.2) is 23.3 Å². The zero-order chi connectivity index (χ0) is 17.1. The van der Waals surface area contributed by atoms with Crippen LogP contribution in [0.25, 0.3) is 0 Å². The highest BCUT2D eigenvalue weighted by Gasteiger charge is 2.44. The monoisotopic (exact) mass is 340 g/mol. The number of hydrogen-bond donors (Lipinski definition) is 0. The number of benzene rings is 1. The average molecular weight is 340 g/mol. The van der Waals surface area contributed by atoms with Gasteiger partial charge in [0.05, 0.1) is 0 Å². The molecule has 0 aliphatic carbocycles. The van der Waals surface area contributed by atoms with Crippen molar-refractivity contribution >= 4 is 8.80 Å². The van der Waals surface area contributed by atoms with Crippen molar-refractivity contribution in [3.05, 3.63) is 34.9 Å². The minimum absolute atomic E-state index is 0.302. The molecule has 22 heavy (non-hydrogen) atoms. The molecule has 8 heteroatoms. The molecule has 0 saturated heterocycles. The van der Waals surface area contributed by atoms with E-state index in [9.17, 15) is 17.6 Å². The van der Waals surface area contributed by atoms with E-state index in [0.717, 1.165) is 0 Å². The normalized spacial score (nSPS) is 12.5. The summed E-state index contributed by atoms with van der Waals surface area (Å²) in [6, 6.07) is 0.293. The van der Waals surface area contributed by atoms with E-state index in [4.69, 9.17) is 13.3 Å². The van der Waals surface area contributed by atoms with Gasteiger partial charge in [-0.3, -0.25) is 0 Å². The summed E-state index contributed by atoms with van der Waals surface area (Å²) in [5, 5.41) is 0. The Labute approximate surface area is 128 Å². The summed E-state index contributed by atoms with van der Waals surface area (Å²) >= 11 is 0. The Morgan fingerprint density at radius 2 is 1.41 bits per heavy atom. The van der Waals surface area contributed by atoms with Gasteiger partial charge in [-0.05, 0) is 39.3 Å². The van der Waals surface area contributed by atoms with Crippen LogP contribution in [0.15, 0.2) is 6.07 Å². The molecule has 0 aromatic heterocycles. The lowest BCUT2D eigenvalue weighted by Gasteiger charge is -2.32. The molecule has 0 atom stereocenters. The fourth-order valence-corrected chi connectivity index (χ4v) is 4.70. The topological polar surface area (TPSA) is 27.7 Å². The van der Waals surface area contributed by atoms with Crippen molar-refractivity contribution < 1.29 is 30.8 Å². The largest absolute Gasteiger partial charge is 0.505 e. The van der Waals surface area contributed by atoms with E-state index < -0.39 is 32.1 Å². The van der Waals surface area contributed by atoms with E-state index in [1.165, 1.54) is 7.11 Å². The molecule has 0 unspecified atom stereocenters. The first-order chi connectivity index (χ1) is 10.1. The van der Waals surface area contributed by atoms with Crippen LogP contribution in [0.2, 0.25) is 0 Å². The third-order valence-electron chi connectivity index (χ3n) is 2.73. The van der Waals surface area contributed by atoms with Crippen LogP contribution >= 0.6 is 0 Å². The van der Waals surface area contributed by atoms with E-state index in [2.05, 4.69) is 0 Å². The highest BCUT2D eigenvalue weighted by Crippen LogP contribution is 2.25. The van der Waals surface area contributed by atoms with Crippen LogP contribution in [0.5, 0.6) is 0 Å². The van der Waals surface area contributed by atoms with Gasteiger partial charge in [-0.2, -0.15) is 0 Å². The van der Waals surface area contributed by atoms with Gasteiger partial charge in [0.2, 0.25) is 0 Å². The van der Waals surface area contributed by atoms with Crippen LogP contribution in [0.3, 0.4) is 0 Å². The van der Waals surface area contributed by atoms with Gasteiger partial charge in [0.1, 0.15) is 0 Å². The van der Waals surface area contributed by atoms with Crippen molar-refractivity contribution in [2.24, 2.45) is 0 Å². The molecular formula is C14H20F4O3Si. The fraction of sp³-hybridized carbons (Fsp3) is 0.571. The summed E-state index contributed by atoms with van der Waals surface area (Å²) in [6.45, 7) is 6.92. The lowest BCUT2D eigenvalue weighted by atomic mass is 10.2. The maximum Gasteiger partial charge on any atom is 0.505 e. The Morgan fingerprint density at radius 1 is 0.909 bits per heavy atom. The Morgan fingerprint density at radius 3 is 1.82 bits per heavy atom. The minimum atomic E-state index is -3.43. The Bertz CT molecular complexity index is 513. The van der Waals surface area contributed by atoms with Crippen molar-refractivity contribution in [2.75, 3.05) is 7.11 Å². The number of rotatable bonds is 7. The molecule has 126 valence electrons. The molecule has 1 aromatic rings. The van der Waals surface area contributed by atoms with E-state index in [-0.39, 0.29) is 23.8 Å². The fourth-order valence-electron chi connectivity index (χ4n) is 1.98. The summed E-state index contributed by atoms with van der Waals surface area (Å²) < 4.78 is 70.2. The van der Waals surface area contributed by atoms with Crippen LogP contribution in [-0.2, 0) is 19.3 Å². The molecule has 0 bridgehead atoms. The molecule has 0 spiro atoms.